The molecule has 0 unspecified atom stereocenters. The minimum atomic E-state index is -0.269. The predicted octanol–water partition coefficient (Wildman–Crippen LogP) is 2.78. The van der Waals surface area contributed by atoms with Crippen molar-refractivity contribution in [1.82, 2.24) is 9.78 Å². The Bertz CT molecular complexity index is 663. The van der Waals surface area contributed by atoms with E-state index < -0.39 is 0 Å². The number of thioether (sulfide) groups is 1. The Hall–Kier alpha value is -1.59. The summed E-state index contributed by atoms with van der Waals surface area (Å²) >= 11 is 1.68. The minimum Gasteiger partial charge on any atom is -0.391 e. The first-order valence-electron chi connectivity index (χ1n) is 6.91. The van der Waals surface area contributed by atoms with Gasteiger partial charge in [0.1, 0.15) is 0 Å². The lowest BCUT2D eigenvalue weighted by atomic mass is 10.1. The highest BCUT2D eigenvalue weighted by atomic mass is 32.2. The van der Waals surface area contributed by atoms with Crippen molar-refractivity contribution in [2.75, 3.05) is 6.26 Å². The monoisotopic (exact) mass is 304 g/mol. The van der Waals surface area contributed by atoms with Crippen LogP contribution in [0.5, 0.6) is 0 Å². The van der Waals surface area contributed by atoms with Crippen LogP contribution in [0.2, 0.25) is 0 Å². The molecular weight excluding hydrogens is 284 g/mol. The first kappa shape index (κ1) is 15.8. The molecule has 0 saturated heterocycles. The highest BCUT2D eigenvalue weighted by Crippen LogP contribution is 2.21. The van der Waals surface area contributed by atoms with Gasteiger partial charge in [0.15, 0.2) is 0 Å². The number of aromatic nitrogens is 2. The van der Waals surface area contributed by atoms with Crippen molar-refractivity contribution >= 4 is 11.8 Å². The van der Waals surface area contributed by atoms with Gasteiger partial charge >= 0.3 is 0 Å². The normalized spacial score (nSPS) is 11.1. The molecule has 2 aromatic rings. The Morgan fingerprint density at radius 3 is 2.48 bits per heavy atom. The Morgan fingerprint density at radius 1 is 1.29 bits per heavy atom. The summed E-state index contributed by atoms with van der Waals surface area (Å²) < 4.78 is 1.45. The summed E-state index contributed by atoms with van der Waals surface area (Å²) in [6.07, 6.45) is 2.03. The molecule has 0 atom stereocenters. The van der Waals surface area contributed by atoms with Crippen LogP contribution in [-0.4, -0.2) is 21.1 Å². The van der Waals surface area contributed by atoms with Gasteiger partial charge < -0.3 is 5.11 Å². The van der Waals surface area contributed by atoms with E-state index in [0.717, 1.165) is 5.56 Å². The Balaban J connectivity index is 2.49. The van der Waals surface area contributed by atoms with Gasteiger partial charge in [-0.1, -0.05) is 26.0 Å². The third-order valence-electron chi connectivity index (χ3n) is 3.14. The second-order valence-electron chi connectivity index (χ2n) is 5.32. The van der Waals surface area contributed by atoms with Gasteiger partial charge in [0.2, 0.25) is 0 Å². The highest BCUT2D eigenvalue weighted by Gasteiger charge is 2.10. The molecule has 0 aliphatic rings. The van der Waals surface area contributed by atoms with E-state index in [2.05, 4.69) is 5.10 Å². The van der Waals surface area contributed by atoms with Gasteiger partial charge in [-0.15, -0.1) is 11.8 Å². The zero-order valence-electron chi connectivity index (χ0n) is 12.5. The van der Waals surface area contributed by atoms with E-state index in [0.29, 0.717) is 23.7 Å². The van der Waals surface area contributed by atoms with E-state index in [9.17, 15) is 9.90 Å². The van der Waals surface area contributed by atoms with Crippen LogP contribution in [0.1, 0.15) is 19.4 Å². The summed E-state index contributed by atoms with van der Waals surface area (Å²) in [7, 11) is 0. The average molecular weight is 304 g/mol. The molecule has 2 rings (SSSR count). The van der Waals surface area contributed by atoms with Gasteiger partial charge in [-0.25, -0.2) is 4.68 Å². The lowest BCUT2D eigenvalue weighted by Crippen LogP contribution is -2.28. The van der Waals surface area contributed by atoms with Crippen molar-refractivity contribution in [3.63, 3.8) is 0 Å². The van der Waals surface area contributed by atoms with Crippen molar-refractivity contribution in [2.45, 2.75) is 31.9 Å². The summed E-state index contributed by atoms with van der Waals surface area (Å²) in [5.74, 6) is 0.316. The molecular formula is C16H20N2O2S. The lowest BCUT2D eigenvalue weighted by molar-refractivity contribution is 0.277. The van der Waals surface area contributed by atoms with Crippen LogP contribution >= 0.6 is 11.8 Å². The fourth-order valence-electron chi connectivity index (χ4n) is 2.08. The van der Waals surface area contributed by atoms with E-state index in [1.807, 2.05) is 44.4 Å². The summed E-state index contributed by atoms with van der Waals surface area (Å²) in [4.78, 5) is 13.3. The zero-order valence-corrected chi connectivity index (χ0v) is 13.4. The van der Waals surface area contributed by atoms with E-state index in [4.69, 9.17) is 0 Å². The Kier molecular flexibility index (Phi) is 5.20. The van der Waals surface area contributed by atoms with Crippen LogP contribution < -0.4 is 5.56 Å². The summed E-state index contributed by atoms with van der Waals surface area (Å²) in [6, 6.07) is 9.70. The van der Waals surface area contributed by atoms with Gasteiger partial charge in [-0.2, -0.15) is 5.10 Å². The molecule has 4 nitrogen and oxygen atoms in total. The number of hydrogen-bond donors (Lipinski definition) is 1. The standard InChI is InChI=1S/C16H20N2O2S/c1-11(2)9-18-16(20)13(10-19)8-15(17-18)12-4-6-14(21-3)7-5-12/h4-8,11,19H,9-10H2,1-3H3. The molecule has 0 aliphatic heterocycles. The van der Waals surface area contributed by atoms with Crippen LogP contribution in [0.15, 0.2) is 40.0 Å². The van der Waals surface area contributed by atoms with Crippen molar-refractivity contribution in [1.29, 1.82) is 0 Å². The number of rotatable bonds is 5. The van der Waals surface area contributed by atoms with Crippen molar-refractivity contribution < 1.29 is 5.11 Å². The predicted molar refractivity (Wildman–Crippen MR) is 86.5 cm³/mol. The van der Waals surface area contributed by atoms with Crippen LogP contribution in [0.4, 0.5) is 0 Å². The topological polar surface area (TPSA) is 55.1 Å². The molecule has 21 heavy (non-hydrogen) atoms. The van der Waals surface area contributed by atoms with Crippen LogP contribution in [0.25, 0.3) is 11.3 Å². The third-order valence-corrected chi connectivity index (χ3v) is 3.89. The fraction of sp³-hybridized carbons (Fsp3) is 0.375. The molecule has 0 saturated carbocycles. The molecule has 0 spiro atoms. The van der Waals surface area contributed by atoms with E-state index in [-0.39, 0.29) is 12.2 Å². The second kappa shape index (κ2) is 6.91. The fourth-order valence-corrected chi connectivity index (χ4v) is 2.49. The summed E-state index contributed by atoms with van der Waals surface area (Å²) in [6.45, 7) is 4.34. The maximum atomic E-state index is 12.2. The van der Waals surface area contributed by atoms with Crippen molar-refractivity contribution in [3.8, 4) is 11.3 Å². The van der Waals surface area contributed by atoms with E-state index >= 15 is 0 Å². The van der Waals surface area contributed by atoms with Crippen LogP contribution in [-0.2, 0) is 13.2 Å². The number of hydrogen-bond acceptors (Lipinski definition) is 4. The lowest BCUT2D eigenvalue weighted by Gasteiger charge is -2.11. The SMILES string of the molecule is CSc1ccc(-c2cc(CO)c(=O)n(CC(C)C)n2)cc1. The quantitative estimate of drug-likeness (QED) is 0.863. The van der Waals surface area contributed by atoms with Gasteiger partial charge in [0.05, 0.1) is 12.3 Å². The molecule has 0 aliphatic carbocycles. The first-order chi connectivity index (χ1) is 10.0. The van der Waals surface area contributed by atoms with Gasteiger partial charge in [0.25, 0.3) is 5.56 Å². The average Bonchev–Trinajstić information content (AvgIpc) is 2.49. The van der Waals surface area contributed by atoms with Gasteiger partial charge in [-0.05, 0) is 30.4 Å². The molecule has 1 N–H and O–H groups in total. The van der Waals surface area contributed by atoms with Crippen molar-refractivity contribution in [2.24, 2.45) is 5.92 Å². The summed E-state index contributed by atoms with van der Waals surface area (Å²) in [5.41, 5.74) is 1.83. The molecule has 0 radical (unpaired) electrons. The second-order valence-corrected chi connectivity index (χ2v) is 6.20. The number of aliphatic hydroxyl groups excluding tert-OH is 1. The molecule has 112 valence electrons. The summed E-state index contributed by atoms with van der Waals surface area (Å²) in [5, 5.41) is 13.8. The Morgan fingerprint density at radius 2 is 1.95 bits per heavy atom. The molecule has 1 aromatic carbocycles. The molecule has 1 heterocycles. The maximum Gasteiger partial charge on any atom is 0.272 e. The molecule has 5 heteroatoms. The number of nitrogens with zero attached hydrogens (tertiary/aromatic N) is 2. The molecule has 0 bridgehead atoms. The Labute approximate surface area is 128 Å². The van der Waals surface area contributed by atoms with Crippen molar-refractivity contribution in [3.05, 3.63) is 46.2 Å². The first-order valence-corrected chi connectivity index (χ1v) is 8.14. The zero-order chi connectivity index (χ0) is 15.4. The molecule has 1 aromatic heterocycles. The van der Waals surface area contributed by atoms with Gasteiger partial charge in [-0.3, -0.25) is 4.79 Å². The van der Waals surface area contributed by atoms with Gasteiger partial charge in [0, 0.05) is 22.6 Å². The third kappa shape index (κ3) is 3.74. The maximum absolute atomic E-state index is 12.2. The number of aliphatic hydroxyl groups is 1. The smallest absolute Gasteiger partial charge is 0.272 e. The number of benzene rings is 1. The van der Waals surface area contributed by atoms with Crippen LogP contribution in [0, 0.1) is 5.92 Å². The largest absolute Gasteiger partial charge is 0.391 e. The molecule has 0 amide bonds. The van der Waals surface area contributed by atoms with Crippen LogP contribution in [0.3, 0.4) is 0 Å². The van der Waals surface area contributed by atoms with E-state index in [1.54, 1.807) is 17.8 Å². The highest BCUT2D eigenvalue weighted by molar-refractivity contribution is 7.98. The van der Waals surface area contributed by atoms with E-state index in [1.165, 1.54) is 9.58 Å². The minimum absolute atomic E-state index is 0.212. The molecule has 0 fully saturated rings.